The molecule has 1 heterocycles. The molecule has 0 atom stereocenters. The average molecular weight is 471 g/mol. The zero-order valence-electron chi connectivity index (χ0n) is 15.6. The van der Waals surface area contributed by atoms with E-state index in [0.29, 0.717) is 4.60 Å². The SMILES string of the molecule is COC(=O)c1nc(Br)ccc1N(c1ccccc1C(=O)O)c1ccccc1C(=O)O. The largest absolute Gasteiger partial charge is 0.478 e. The van der Waals surface area contributed by atoms with E-state index >= 15 is 0 Å². The van der Waals surface area contributed by atoms with Crippen LogP contribution in [0.3, 0.4) is 0 Å². The van der Waals surface area contributed by atoms with E-state index in [2.05, 4.69) is 20.9 Å². The smallest absolute Gasteiger partial charge is 0.358 e. The van der Waals surface area contributed by atoms with Crippen LogP contribution in [0, 0.1) is 0 Å². The normalized spacial score (nSPS) is 10.3. The number of ether oxygens (including phenoxy) is 1. The number of esters is 1. The Morgan fingerprint density at radius 3 is 1.80 bits per heavy atom. The number of carboxylic acid groups (broad SMARTS) is 2. The Bertz CT molecular complexity index is 1090. The maximum atomic E-state index is 12.4. The molecule has 0 spiro atoms. The van der Waals surface area contributed by atoms with Gasteiger partial charge >= 0.3 is 17.9 Å². The van der Waals surface area contributed by atoms with E-state index in [1.54, 1.807) is 30.3 Å². The third-order valence-electron chi connectivity index (χ3n) is 4.21. The standard InChI is InChI=1S/C21H15BrN2O6/c1-30-21(29)18-16(10-11-17(22)23-18)24(14-8-4-2-6-12(14)19(25)26)15-9-5-3-7-13(15)20(27)28/h2-11H,1H3,(H,25,26)(H,27,28). The van der Waals surface area contributed by atoms with Crippen LogP contribution in [0.4, 0.5) is 17.1 Å². The first kappa shape index (κ1) is 21.0. The number of nitrogens with zero attached hydrogens (tertiary/aromatic N) is 2. The van der Waals surface area contributed by atoms with E-state index in [9.17, 15) is 24.6 Å². The van der Waals surface area contributed by atoms with Gasteiger partial charge in [-0.3, -0.25) is 0 Å². The number of carboxylic acids is 2. The van der Waals surface area contributed by atoms with Crippen LogP contribution in [0.15, 0.2) is 65.3 Å². The van der Waals surface area contributed by atoms with E-state index in [1.807, 2.05) is 0 Å². The lowest BCUT2D eigenvalue weighted by Crippen LogP contribution is -2.20. The minimum absolute atomic E-state index is 0.0866. The van der Waals surface area contributed by atoms with E-state index in [1.165, 1.54) is 42.3 Å². The monoisotopic (exact) mass is 470 g/mol. The van der Waals surface area contributed by atoms with Crippen molar-refractivity contribution < 1.29 is 29.3 Å². The minimum Gasteiger partial charge on any atom is -0.478 e. The highest BCUT2D eigenvalue weighted by Gasteiger charge is 2.27. The van der Waals surface area contributed by atoms with Crippen LogP contribution in [0.25, 0.3) is 0 Å². The van der Waals surface area contributed by atoms with Crippen molar-refractivity contribution in [2.75, 3.05) is 12.0 Å². The summed E-state index contributed by atoms with van der Waals surface area (Å²) in [4.78, 5) is 41.7. The lowest BCUT2D eigenvalue weighted by molar-refractivity contribution is 0.0593. The number of aromatic carboxylic acids is 2. The molecule has 0 radical (unpaired) electrons. The topological polar surface area (TPSA) is 117 Å². The fourth-order valence-electron chi connectivity index (χ4n) is 2.94. The summed E-state index contributed by atoms with van der Waals surface area (Å²) in [5.41, 5.74) is 0.188. The molecule has 2 aromatic carbocycles. The Morgan fingerprint density at radius 2 is 1.33 bits per heavy atom. The molecule has 0 amide bonds. The van der Waals surface area contributed by atoms with Gasteiger partial charge in [0.1, 0.15) is 4.60 Å². The fourth-order valence-corrected chi connectivity index (χ4v) is 3.25. The average Bonchev–Trinajstić information content (AvgIpc) is 2.74. The van der Waals surface area contributed by atoms with Gasteiger partial charge in [-0.1, -0.05) is 24.3 Å². The lowest BCUT2D eigenvalue weighted by atomic mass is 10.1. The second-order valence-electron chi connectivity index (χ2n) is 5.97. The van der Waals surface area contributed by atoms with Gasteiger partial charge in [0.05, 0.1) is 35.3 Å². The number of hydrogen-bond donors (Lipinski definition) is 2. The van der Waals surface area contributed by atoms with Crippen molar-refractivity contribution in [3.05, 3.63) is 82.1 Å². The third kappa shape index (κ3) is 4.01. The molecule has 2 N–H and O–H groups in total. The number of carbonyl (C=O) groups excluding carboxylic acids is 1. The third-order valence-corrected chi connectivity index (χ3v) is 4.65. The van der Waals surface area contributed by atoms with E-state index in [4.69, 9.17) is 4.74 Å². The summed E-state index contributed by atoms with van der Waals surface area (Å²) < 4.78 is 5.18. The second kappa shape index (κ2) is 8.75. The van der Waals surface area contributed by atoms with Gasteiger partial charge < -0.3 is 19.8 Å². The van der Waals surface area contributed by atoms with Crippen LogP contribution in [-0.2, 0) is 4.74 Å². The van der Waals surface area contributed by atoms with Crippen molar-refractivity contribution in [2.24, 2.45) is 0 Å². The molecule has 0 aliphatic heterocycles. The molecule has 3 rings (SSSR count). The fraction of sp³-hybridized carbons (Fsp3) is 0.0476. The first-order valence-electron chi connectivity index (χ1n) is 8.54. The van der Waals surface area contributed by atoms with Crippen molar-refractivity contribution in [3.8, 4) is 0 Å². The Balaban J connectivity index is 2.42. The minimum atomic E-state index is -1.21. The van der Waals surface area contributed by atoms with Crippen LogP contribution in [0.5, 0.6) is 0 Å². The Kier molecular flexibility index (Phi) is 6.12. The molecule has 0 unspecified atom stereocenters. The summed E-state index contributed by atoms with van der Waals surface area (Å²) in [5, 5.41) is 19.4. The van der Waals surface area contributed by atoms with Crippen molar-refractivity contribution in [2.45, 2.75) is 0 Å². The van der Waals surface area contributed by atoms with Crippen LogP contribution in [0.2, 0.25) is 0 Å². The molecular weight excluding hydrogens is 456 g/mol. The van der Waals surface area contributed by atoms with E-state index in [0.717, 1.165) is 0 Å². The number of carbonyl (C=O) groups is 3. The highest BCUT2D eigenvalue weighted by atomic mass is 79.9. The molecule has 1 aromatic heterocycles. The number of benzene rings is 2. The number of halogens is 1. The molecule has 8 nitrogen and oxygen atoms in total. The first-order chi connectivity index (χ1) is 14.3. The predicted molar refractivity (Wildman–Crippen MR) is 112 cm³/mol. The number of para-hydroxylation sites is 2. The number of anilines is 3. The van der Waals surface area contributed by atoms with E-state index in [-0.39, 0.29) is 33.9 Å². The highest BCUT2D eigenvalue weighted by Crippen LogP contribution is 2.40. The molecule has 30 heavy (non-hydrogen) atoms. The van der Waals surface area contributed by atoms with Crippen molar-refractivity contribution in [1.29, 1.82) is 0 Å². The van der Waals surface area contributed by atoms with Gasteiger partial charge in [0, 0.05) is 0 Å². The molecule has 0 aliphatic rings. The van der Waals surface area contributed by atoms with Crippen molar-refractivity contribution in [1.82, 2.24) is 4.98 Å². The van der Waals surface area contributed by atoms with Crippen LogP contribution in [0.1, 0.15) is 31.2 Å². The molecule has 0 fully saturated rings. The number of aromatic nitrogens is 1. The summed E-state index contributed by atoms with van der Waals surface area (Å²) in [6, 6.07) is 15.2. The molecule has 0 saturated heterocycles. The molecule has 0 aliphatic carbocycles. The zero-order valence-corrected chi connectivity index (χ0v) is 17.2. The van der Waals surface area contributed by atoms with Gasteiger partial charge in [-0.2, -0.15) is 0 Å². The van der Waals surface area contributed by atoms with Crippen LogP contribution in [-0.4, -0.2) is 40.2 Å². The zero-order chi connectivity index (χ0) is 21.8. The summed E-state index contributed by atoms with van der Waals surface area (Å²) in [6.07, 6.45) is 0. The number of methoxy groups -OCH3 is 1. The summed E-state index contributed by atoms with van der Waals surface area (Å²) in [5.74, 6) is -3.20. The Labute approximate surface area is 179 Å². The number of pyridine rings is 1. The summed E-state index contributed by atoms with van der Waals surface area (Å²) in [6.45, 7) is 0. The molecule has 9 heteroatoms. The highest BCUT2D eigenvalue weighted by molar-refractivity contribution is 9.10. The quantitative estimate of drug-likeness (QED) is 0.399. The Morgan fingerprint density at radius 1 is 0.833 bits per heavy atom. The van der Waals surface area contributed by atoms with Gasteiger partial charge in [-0.25, -0.2) is 19.4 Å². The van der Waals surface area contributed by atoms with Gasteiger partial charge in [0.15, 0.2) is 5.69 Å². The maximum Gasteiger partial charge on any atom is 0.358 e. The van der Waals surface area contributed by atoms with Crippen LogP contribution < -0.4 is 4.90 Å². The number of rotatable bonds is 6. The van der Waals surface area contributed by atoms with Gasteiger partial charge in [-0.05, 0) is 52.3 Å². The van der Waals surface area contributed by atoms with Crippen LogP contribution >= 0.6 is 15.9 Å². The summed E-state index contributed by atoms with van der Waals surface area (Å²) >= 11 is 3.21. The van der Waals surface area contributed by atoms with Crippen molar-refractivity contribution in [3.63, 3.8) is 0 Å². The van der Waals surface area contributed by atoms with Gasteiger partial charge in [-0.15, -0.1) is 0 Å². The molecule has 0 bridgehead atoms. The lowest BCUT2D eigenvalue weighted by Gasteiger charge is -2.28. The van der Waals surface area contributed by atoms with Crippen molar-refractivity contribution >= 4 is 50.9 Å². The first-order valence-corrected chi connectivity index (χ1v) is 9.34. The molecule has 152 valence electrons. The van der Waals surface area contributed by atoms with Gasteiger partial charge in [0.25, 0.3) is 0 Å². The van der Waals surface area contributed by atoms with Gasteiger partial charge in [0.2, 0.25) is 0 Å². The van der Waals surface area contributed by atoms with E-state index < -0.39 is 17.9 Å². The second-order valence-corrected chi connectivity index (χ2v) is 6.79. The molecular formula is C21H15BrN2O6. The maximum absolute atomic E-state index is 12.4. The molecule has 3 aromatic rings. The number of hydrogen-bond acceptors (Lipinski definition) is 6. The summed E-state index contributed by atoms with van der Waals surface area (Å²) in [7, 11) is 1.19. The Hall–Kier alpha value is -3.72. The molecule has 0 saturated carbocycles. The predicted octanol–water partition coefficient (Wildman–Crippen LogP) is 4.50.